The highest BCUT2D eigenvalue weighted by molar-refractivity contribution is 5.93. The van der Waals surface area contributed by atoms with Crippen LogP contribution in [0.1, 0.15) is 84.5 Å². The standard InChI is InChI=1S/C30H41FN4O2/c1-21-25(11-10-22-6-5-9-24(18-22)23-7-3-2-4-8-23)19-32-34-29(21)30(36)35-15-12-26(13-16-35)33-28-14-17-37-20-27(28)31/h2-4,7-8,19,22,24,26-28,33H,5-6,9-18,20H2,1H3/t22-,24-,27?,28?/m1/s1. The lowest BCUT2D eigenvalue weighted by atomic mass is 9.76. The number of carbonyl (C=O) groups is 1. The maximum Gasteiger partial charge on any atom is 0.274 e. The van der Waals surface area contributed by atoms with Gasteiger partial charge < -0.3 is 15.0 Å². The fourth-order valence-corrected chi connectivity index (χ4v) is 6.47. The number of aryl methyl sites for hydroxylation is 1. The number of likely N-dealkylation sites (tertiary alicyclic amines) is 1. The van der Waals surface area contributed by atoms with Crippen molar-refractivity contribution in [3.63, 3.8) is 0 Å². The summed E-state index contributed by atoms with van der Waals surface area (Å²) in [6.07, 6.45) is 10.4. The fourth-order valence-electron chi connectivity index (χ4n) is 6.47. The van der Waals surface area contributed by atoms with Gasteiger partial charge in [0.25, 0.3) is 5.91 Å². The van der Waals surface area contributed by atoms with Gasteiger partial charge in [0.2, 0.25) is 0 Å². The lowest BCUT2D eigenvalue weighted by Crippen LogP contribution is -2.52. The first-order valence-electron chi connectivity index (χ1n) is 14.2. The van der Waals surface area contributed by atoms with Crippen LogP contribution in [0.4, 0.5) is 4.39 Å². The van der Waals surface area contributed by atoms with Gasteiger partial charge in [-0.25, -0.2) is 4.39 Å². The van der Waals surface area contributed by atoms with E-state index in [-0.39, 0.29) is 24.6 Å². The minimum atomic E-state index is -0.952. The van der Waals surface area contributed by atoms with Gasteiger partial charge in [-0.2, -0.15) is 5.10 Å². The zero-order valence-corrected chi connectivity index (χ0v) is 22.1. The van der Waals surface area contributed by atoms with E-state index in [1.54, 1.807) is 0 Å². The van der Waals surface area contributed by atoms with E-state index in [9.17, 15) is 9.18 Å². The fraction of sp³-hybridized carbons (Fsp3) is 0.633. The molecule has 3 heterocycles. The molecule has 1 N–H and O–H groups in total. The zero-order chi connectivity index (χ0) is 25.6. The summed E-state index contributed by atoms with van der Waals surface area (Å²) in [5, 5.41) is 12.0. The highest BCUT2D eigenvalue weighted by Gasteiger charge is 2.31. The first kappa shape index (κ1) is 26.2. The molecule has 4 atom stereocenters. The van der Waals surface area contributed by atoms with Crippen molar-refractivity contribution in [2.24, 2.45) is 5.92 Å². The molecular weight excluding hydrogens is 467 g/mol. The van der Waals surface area contributed by atoms with Crippen molar-refractivity contribution < 1.29 is 13.9 Å². The van der Waals surface area contributed by atoms with Crippen molar-refractivity contribution in [1.29, 1.82) is 0 Å². The van der Waals surface area contributed by atoms with E-state index in [1.807, 2.05) is 18.0 Å². The van der Waals surface area contributed by atoms with Crippen LogP contribution >= 0.6 is 0 Å². The Bertz CT molecular complexity index is 1030. The number of hydrogen-bond donors (Lipinski definition) is 1. The number of carbonyl (C=O) groups excluding carboxylic acids is 1. The number of nitrogens with one attached hydrogen (secondary N) is 1. The van der Waals surface area contributed by atoms with E-state index >= 15 is 0 Å². The second-order valence-corrected chi connectivity index (χ2v) is 11.2. The Morgan fingerprint density at radius 1 is 1.14 bits per heavy atom. The molecule has 37 heavy (non-hydrogen) atoms. The number of amides is 1. The maximum absolute atomic E-state index is 14.1. The Labute approximate surface area is 220 Å². The molecule has 3 aliphatic rings. The van der Waals surface area contributed by atoms with Gasteiger partial charge in [0.15, 0.2) is 5.69 Å². The maximum atomic E-state index is 14.1. The van der Waals surface area contributed by atoms with Gasteiger partial charge in [-0.15, -0.1) is 5.10 Å². The Morgan fingerprint density at radius 3 is 2.73 bits per heavy atom. The van der Waals surface area contributed by atoms with Crippen LogP contribution in [0.25, 0.3) is 0 Å². The van der Waals surface area contributed by atoms with E-state index < -0.39 is 6.17 Å². The van der Waals surface area contributed by atoms with Gasteiger partial charge in [-0.05, 0) is 80.4 Å². The minimum absolute atomic E-state index is 0.0263. The summed E-state index contributed by atoms with van der Waals surface area (Å²) in [7, 11) is 0. The van der Waals surface area contributed by atoms with Crippen LogP contribution in [-0.2, 0) is 11.2 Å². The summed E-state index contributed by atoms with van der Waals surface area (Å²) in [6, 6.07) is 11.0. The lowest BCUT2D eigenvalue weighted by molar-refractivity contribution is 0.00839. The van der Waals surface area contributed by atoms with Gasteiger partial charge in [0.1, 0.15) is 6.17 Å². The molecule has 1 saturated carbocycles. The summed E-state index contributed by atoms with van der Waals surface area (Å²) < 4.78 is 19.3. The summed E-state index contributed by atoms with van der Waals surface area (Å²) in [5.74, 6) is 1.34. The van der Waals surface area contributed by atoms with Crippen LogP contribution in [0.5, 0.6) is 0 Å². The Morgan fingerprint density at radius 2 is 1.95 bits per heavy atom. The molecule has 0 bridgehead atoms. The molecule has 2 aromatic rings. The van der Waals surface area contributed by atoms with E-state index in [4.69, 9.17) is 4.74 Å². The number of aromatic nitrogens is 2. The van der Waals surface area contributed by atoms with Gasteiger partial charge >= 0.3 is 0 Å². The molecule has 0 radical (unpaired) electrons. The van der Waals surface area contributed by atoms with E-state index in [1.165, 1.54) is 31.2 Å². The first-order chi connectivity index (χ1) is 18.1. The molecule has 5 rings (SSSR count). The van der Waals surface area contributed by atoms with E-state index in [0.717, 1.165) is 36.8 Å². The van der Waals surface area contributed by atoms with Crippen LogP contribution in [0.3, 0.4) is 0 Å². The third-order valence-corrected chi connectivity index (χ3v) is 8.81. The third kappa shape index (κ3) is 6.55. The number of nitrogens with zero attached hydrogens (tertiary/aromatic N) is 3. The lowest BCUT2D eigenvalue weighted by Gasteiger charge is -2.36. The minimum Gasteiger partial charge on any atom is -0.378 e. The van der Waals surface area contributed by atoms with Crippen LogP contribution in [0, 0.1) is 12.8 Å². The van der Waals surface area contributed by atoms with Crippen molar-refractivity contribution in [1.82, 2.24) is 20.4 Å². The summed E-state index contributed by atoms with van der Waals surface area (Å²) in [4.78, 5) is 15.2. The van der Waals surface area contributed by atoms with Gasteiger partial charge in [0, 0.05) is 31.8 Å². The highest BCUT2D eigenvalue weighted by Crippen LogP contribution is 2.38. The van der Waals surface area contributed by atoms with Crippen molar-refractivity contribution in [2.45, 2.75) is 88.9 Å². The molecule has 1 amide bonds. The predicted molar refractivity (Wildman–Crippen MR) is 142 cm³/mol. The average molecular weight is 509 g/mol. The van der Waals surface area contributed by atoms with Crippen molar-refractivity contribution in [2.75, 3.05) is 26.3 Å². The summed E-state index contributed by atoms with van der Waals surface area (Å²) >= 11 is 0. The van der Waals surface area contributed by atoms with Gasteiger partial charge in [-0.3, -0.25) is 4.79 Å². The number of hydrogen-bond acceptors (Lipinski definition) is 5. The molecule has 1 aromatic heterocycles. The molecule has 2 unspecified atom stereocenters. The monoisotopic (exact) mass is 508 g/mol. The topological polar surface area (TPSA) is 67.4 Å². The zero-order valence-electron chi connectivity index (χ0n) is 22.1. The predicted octanol–water partition coefficient (Wildman–Crippen LogP) is 5.01. The molecule has 1 aromatic carbocycles. The van der Waals surface area contributed by atoms with Crippen LogP contribution < -0.4 is 5.32 Å². The Balaban J connectivity index is 1.14. The number of piperidine rings is 1. The third-order valence-electron chi connectivity index (χ3n) is 8.81. The van der Waals surface area contributed by atoms with E-state index in [2.05, 4.69) is 45.8 Å². The molecule has 6 nitrogen and oxygen atoms in total. The van der Waals surface area contributed by atoms with Crippen LogP contribution in [0.15, 0.2) is 36.5 Å². The quantitative estimate of drug-likeness (QED) is 0.569. The van der Waals surface area contributed by atoms with Crippen molar-refractivity contribution in [3.8, 4) is 0 Å². The molecule has 2 saturated heterocycles. The first-order valence-corrected chi connectivity index (χ1v) is 14.2. The molecule has 0 spiro atoms. The average Bonchev–Trinajstić information content (AvgIpc) is 2.94. The largest absolute Gasteiger partial charge is 0.378 e. The number of rotatable bonds is 7. The van der Waals surface area contributed by atoms with Gasteiger partial charge in [-0.1, -0.05) is 43.2 Å². The molecule has 2 aliphatic heterocycles. The van der Waals surface area contributed by atoms with Crippen LogP contribution in [0.2, 0.25) is 0 Å². The van der Waals surface area contributed by atoms with Crippen molar-refractivity contribution in [3.05, 3.63) is 58.9 Å². The Kier molecular flexibility index (Phi) is 8.82. The molecule has 7 heteroatoms. The molecule has 1 aliphatic carbocycles. The number of halogens is 1. The molecular formula is C30H41FN4O2. The summed E-state index contributed by atoms with van der Waals surface area (Å²) in [5.41, 5.74) is 4.07. The number of alkyl halides is 1. The normalized spacial score (nSPS) is 27.2. The Hall–Kier alpha value is -2.38. The second-order valence-electron chi connectivity index (χ2n) is 11.2. The highest BCUT2D eigenvalue weighted by atomic mass is 19.1. The summed E-state index contributed by atoms with van der Waals surface area (Å²) in [6.45, 7) is 4.12. The smallest absolute Gasteiger partial charge is 0.274 e. The number of benzene rings is 1. The van der Waals surface area contributed by atoms with Crippen LogP contribution in [-0.4, -0.2) is 65.6 Å². The SMILES string of the molecule is Cc1c(CC[C@H]2CCC[C@@H](c3ccccc3)C2)cnnc1C(=O)N1CCC(NC2CCOCC2F)CC1. The van der Waals surface area contributed by atoms with E-state index in [0.29, 0.717) is 43.6 Å². The molecule has 200 valence electrons. The number of ether oxygens (including phenoxy) is 1. The second kappa shape index (κ2) is 12.4. The molecule has 3 fully saturated rings. The van der Waals surface area contributed by atoms with Crippen molar-refractivity contribution >= 4 is 5.91 Å². The van der Waals surface area contributed by atoms with Gasteiger partial charge in [0.05, 0.1) is 12.8 Å².